The van der Waals surface area contributed by atoms with Gasteiger partial charge in [-0.3, -0.25) is 4.79 Å². The predicted molar refractivity (Wildman–Crippen MR) is 139 cm³/mol. The van der Waals surface area contributed by atoms with Crippen LogP contribution in [0, 0.1) is 6.92 Å². The number of aryl methyl sites for hydroxylation is 1. The van der Waals surface area contributed by atoms with Gasteiger partial charge in [0, 0.05) is 17.1 Å². The highest BCUT2D eigenvalue weighted by atomic mass is 16.1. The van der Waals surface area contributed by atoms with Crippen molar-refractivity contribution in [1.29, 1.82) is 0 Å². The molecule has 0 saturated carbocycles. The average Bonchev–Trinajstić information content (AvgIpc) is 3.25. The van der Waals surface area contributed by atoms with Crippen LogP contribution in [-0.2, 0) is 4.79 Å². The molecular weight excluding hydrogens is 420 g/mol. The third-order valence-corrected chi connectivity index (χ3v) is 6.00. The number of rotatable bonds is 5. The molecule has 0 atom stereocenters. The Bertz CT molecular complexity index is 1520. The molecule has 1 heterocycles. The van der Waals surface area contributed by atoms with Crippen molar-refractivity contribution in [2.45, 2.75) is 26.7 Å². The van der Waals surface area contributed by atoms with E-state index < -0.39 is 0 Å². The number of benzene rings is 4. The Kier molecular flexibility index (Phi) is 5.68. The number of nitrogens with one attached hydrogen (secondary N) is 1. The van der Waals surface area contributed by atoms with Gasteiger partial charge in [0.2, 0.25) is 5.91 Å². The molecule has 0 fully saturated rings. The Labute approximate surface area is 198 Å². The van der Waals surface area contributed by atoms with Crippen molar-refractivity contribution in [3.05, 3.63) is 102 Å². The molecule has 34 heavy (non-hydrogen) atoms. The smallest absolute Gasteiger partial charge is 0.248 e. The van der Waals surface area contributed by atoms with Crippen molar-refractivity contribution in [2.24, 2.45) is 0 Å². The highest BCUT2D eigenvalue weighted by molar-refractivity contribution is 6.03. The molecule has 1 amide bonds. The van der Waals surface area contributed by atoms with E-state index in [4.69, 9.17) is 5.10 Å². The van der Waals surface area contributed by atoms with Crippen LogP contribution >= 0.6 is 0 Å². The summed E-state index contributed by atoms with van der Waals surface area (Å²) in [5.74, 6) is 0.301. The van der Waals surface area contributed by atoms with E-state index in [1.165, 1.54) is 5.56 Å². The van der Waals surface area contributed by atoms with Gasteiger partial charge >= 0.3 is 0 Å². The highest BCUT2D eigenvalue weighted by Gasteiger charge is 2.11. The second kappa shape index (κ2) is 8.94. The fourth-order valence-electron chi connectivity index (χ4n) is 4.03. The van der Waals surface area contributed by atoms with Gasteiger partial charge in [-0.05, 0) is 59.2 Å². The Morgan fingerprint density at radius 3 is 2.38 bits per heavy atom. The van der Waals surface area contributed by atoms with Gasteiger partial charge in [-0.1, -0.05) is 74.5 Å². The molecule has 0 spiro atoms. The minimum Gasteiger partial charge on any atom is -0.322 e. The second-order valence-electron chi connectivity index (χ2n) is 8.79. The van der Waals surface area contributed by atoms with Crippen molar-refractivity contribution in [3.8, 4) is 5.69 Å². The van der Waals surface area contributed by atoms with Gasteiger partial charge in [0.15, 0.2) is 0 Å². The van der Waals surface area contributed by atoms with Crippen LogP contribution in [0.3, 0.4) is 0 Å². The Hall–Kier alpha value is -4.25. The Balaban J connectivity index is 1.39. The summed E-state index contributed by atoms with van der Waals surface area (Å²) in [6.07, 6.45) is 3.38. The molecule has 0 aliphatic heterocycles. The number of hydrogen-bond donors (Lipinski definition) is 1. The lowest BCUT2D eigenvalue weighted by molar-refractivity contribution is -0.111. The number of anilines is 1. The van der Waals surface area contributed by atoms with Gasteiger partial charge in [-0.25, -0.2) is 0 Å². The van der Waals surface area contributed by atoms with Crippen LogP contribution in [-0.4, -0.2) is 20.9 Å². The quantitative estimate of drug-likeness (QED) is 0.307. The van der Waals surface area contributed by atoms with Gasteiger partial charge in [-0.15, -0.1) is 15.0 Å². The number of amides is 1. The molecule has 0 aliphatic carbocycles. The second-order valence-corrected chi connectivity index (χ2v) is 8.79. The molecule has 0 unspecified atom stereocenters. The van der Waals surface area contributed by atoms with Crippen molar-refractivity contribution in [2.75, 3.05) is 5.32 Å². The van der Waals surface area contributed by atoms with Gasteiger partial charge in [0.25, 0.3) is 0 Å². The maximum atomic E-state index is 12.6. The summed E-state index contributed by atoms with van der Waals surface area (Å²) in [6, 6.07) is 26.3. The number of carbonyl (C=O) groups excluding carboxylic acids is 1. The summed E-state index contributed by atoms with van der Waals surface area (Å²) in [5, 5.41) is 14.6. The van der Waals surface area contributed by atoms with Crippen molar-refractivity contribution in [3.63, 3.8) is 0 Å². The van der Waals surface area contributed by atoms with Gasteiger partial charge in [0.1, 0.15) is 11.0 Å². The van der Waals surface area contributed by atoms with Crippen LogP contribution in [0.5, 0.6) is 0 Å². The van der Waals surface area contributed by atoms with Gasteiger partial charge in [-0.2, -0.15) is 0 Å². The molecule has 1 aromatic heterocycles. The molecule has 4 aromatic carbocycles. The number of nitrogens with zero attached hydrogens (tertiary/aromatic N) is 3. The Morgan fingerprint density at radius 2 is 1.62 bits per heavy atom. The average molecular weight is 447 g/mol. The van der Waals surface area contributed by atoms with E-state index in [2.05, 4.69) is 54.6 Å². The molecule has 5 heteroatoms. The fourth-order valence-corrected chi connectivity index (χ4v) is 4.03. The summed E-state index contributed by atoms with van der Waals surface area (Å²) >= 11 is 0. The largest absolute Gasteiger partial charge is 0.322 e. The number of aromatic nitrogens is 3. The first-order chi connectivity index (χ1) is 16.5. The van der Waals surface area contributed by atoms with Gasteiger partial charge in [0.05, 0.1) is 5.69 Å². The first-order valence-electron chi connectivity index (χ1n) is 11.4. The van der Waals surface area contributed by atoms with Crippen LogP contribution in [0.2, 0.25) is 0 Å². The molecule has 1 N–H and O–H groups in total. The standard InChI is InChI=1S/C29H26N4O/c1-19(2)22-14-11-21(12-15-22)13-16-29(34)30-25-18-27-26(17-20(25)3)31-33(32-27)28-10-6-8-23-7-4-5-9-24(23)28/h4-19H,1-3H3,(H,30,34)/b16-13+. The third-order valence-electron chi connectivity index (χ3n) is 6.00. The van der Waals surface area contributed by atoms with Crippen LogP contribution in [0.15, 0.2) is 84.9 Å². The highest BCUT2D eigenvalue weighted by Crippen LogP contribution is 2.25. The SMILES string of the molecule is Cc1cc2nn(-c3cccc4ccccc34)nc2cc1NC(=O)/C=C/c1ccc(C(C)C)cc1. The zero-order valence-electron chi connectivity index (χ0n) is 19.5. The first-order valence-corrected chi connectivity index (χ1v) is 11.4. The third kappa shape index (κ3) is 4.33. The van der Waals surface area contributed by atoms with E-state index in [0.29, 0.717) is 5.92 Å². The summed E-state index contributed by atoms with van der Waals surface area (Å²) in [4.78, 5) is 14.2. The monoisotopic (exact) mass is 446 g/mol. The molecular formula is C29H26N4O. The summed E-state index contributed by atoms with van der Waals surface area (Å²) < 4.78 is 0. The Morgan fingerprint density at radius 1 is 0.912 bits per heavy atom. The van der Waals surface area contributed by atoms with Crippen molar-refractivity contribution < 1.29 is 4.79 Å². The lowest BCUT2D eigenvalue weighted by Gasteiger charge is -2.06. The van der Waals surface area contributed by atoms with E-state index in [0.717, 1.165) is 44.3 Å². The van der Waals surface area contributed by atoms with E-state index in [1.807, 2.05) is 61.5 Å². The molecule has 5 nitrogen and oxygen atoms in total. The molecule has 5 aromatic rings. The van der Waals surface area contributed by atoms with Gasteiger partial charge < -0.3 is 5.32 Å². The van der Waals surface area contributed by atoms with E-state index in [9.17, 15) is 4.79 Å². The van der Waals surface area contributed by atoms with Crippen LogP contribution in [0.25, 0.3) is 33.6 Å². The zero-order valence-corrected chi connectivity index (χ0v) is 19.5. The summed E-state index contributed by atoms with van der Waals surface area (Å²) in [7, 11) is 0. The fraction of sp³-hybridized carbons (Fsp3) is 0.138. The molecule has 168 valence electrons. The van der Waals surface area contributed by atoms with E-state index in [1.54, 1.807) is 10.9 Å². The normalized spacial score (nSPS) is 11.6. The zero-order chi connectivity index (χ0) is 23.7. The maximum absolute atomic E-state index is 12.6. The predicted octanol–water partition coefficient (Wildman–Crippen LogP) is 6.66. The molecule has 0 saturated heterocycles. The van der Waals surface area contributed by atoms with Crippen LogP contribution in [0.4, 0.5) is 5.69 Å². The molecule has 0 bridgehead atoms. The van der Waals surface area contributed by atoms with E-state index >= 15 is 0 Å². The minimum atomic E-state index is -0.183. The summed E-state index contributed by atoms with van der Waals surface area (Å²) in [6.45, 7) is 6.29. The lowest BCUT2D eigenvalue weighted by atomic mass is 10.0. The number of carbonyl (C=O) groups is 1. The van der Waals surface area contributed by atoms with Crippen LogP contribution in [0.1, 0.15) is 36.5 Å². The maximum Gasteiger partial charge on any atom is 0.248 e. The van der Waals surface area contributed by atoms with Crippen LogP contribution < -0.4 is 5.32 Å². The van der Waals surface area contributed by atoms with E-state index in [-0.39, 0.29) is 5.91 Å². The number of hydrogen-bond acceptors (Lipinski definition) is 3. The lowest BCUT2D eigenvalue weighted by Crippen LogP contribution is -2.08. The topological polar surface area (TPSA) is 59.8 Å². The summed E-state index contributed by atoms with van der Waals surface area (Å²) in [5.41, 5.74) is 6.35. The molecule has 5 rings (SSSR count). The van der Waals surface area contributed by atoms with Crippen molar-refractivity contribution >= 4 is 39.5 Å². The molecule has 0 aliphatic rings. The minimum absolute atomic E-state index is 0.183. The number of fused-ring (bicyclic) bond motifs is 2. The van der Waals surface area contributed by atoms with Crippen molar-refractivity contribution in [1.82, 2.24) is 15.0 Å². The first kappa shape index (κ1) is 21.6. The molecule has 0 radical (unpaired) electrons.